The second kappa shape index (κ2) is 6.09. The Morgan fingerprint density at radius 1 is 1.38 bits per heavy atom. The molecule has 0 spiro atoms. The van der Waals surface area contributed by atoms with Crippen molar-refractivity contribution in [1.29, 1.82) is 0 Å². The summed E-state index contributed by atoms with van der Waals surface area (Å²) < 4.78 is 5.34. The number of rotatable bonds is 3. The third kappa shape index (κ3) is 2.97. The van der Waals surface area contributed by atoms with Gasteiger partial charge in [-0.2, -0.15) is 4.98 Å². The van der Waals surface area contributed by atoms with Crippen molar-refractivity contribution >= 4 is 28.5 Å². The fraction of sp³-hybridized carbons (Fsp3) is 0.417. The third-order valence-electron chi connectivity index (χ3n) is 3.17. The first-order valence-electron chi connectivity index (χ1n) is 6.43. The molecule has 9 heteroatoms. The zero-order chi connectivity index (χ0) is 14.7. The highest BCUT2D eigenvalue weighted by molar-refractivity contribution is 6.28. The molecule has 108 valence electrons. The van der Waals surface area contributed by atoms with Crippen molar-refractivity contribution in [3.8, 4) is 0 Å². The Hall–Kier alpha value is -2.15. The minimum atomic E-state index is 0.173. The van der Waals surface area contributed by atoms with Crippen LogP contribution in [-0.4, -0.2) is 41.3 Å². The van der Waals surface area contributed by atoms with E-state index >= 15 is 0 Å². The van der Waals surface area contributed by atoms with E-state index in [-0.39, 0.29) is 11.8 Å². The number of hydrogen-bond acceptors (Lipinski definition) is 6. The molecule has 3 heterocycles. The third-order valence-corrected chi connectivity index (χ3v) is 3.34. The molecule has 21 heavy (non-hydrogen) atoms. The quantitative estimate of drug-likeness (QED) is 0.375. The Bertz CT molecular complexity index is 710. The maximum atomic E-state index is 8.37. The summed E-state index contributed by atoms with van der Waals surface area (Å²) in [4.78, 5) is 17.7. The Kier molecular flexibility index (Phi) is 4.01. The molecule has 0 atom stereocenters. The van der Waals surface area contributed by atoms with E-state index in [9.17, 15) is 0 Å². The minimum Gasteiger partial charge on any atom is -0.378 e. The molecule has 8 nitrogen and oxygen atoms in total. The average Bonchev–Trinajstić information content (AvgIpc) is 2.52. The molecule has 0 amide bonds. The van der Waals surface area contributed by atoms with Gasteiger partial charge in [-0.15, -0.1) is 0 Å². The Labute approximate surface area is 125 Å². The van der Waals surface area contributed by atoms with Gasteiger partial charge >= 0.3 is 0 Å². The van der Waals surface area contributed by atoms with Crippen LogP contribution >= 0.6 is 11.6 Å². The first-order valence-corrected chi connectivity index (χ1v) is 6.81. The molecule has 1 aliphatic rings. The second-order valence-corrected chi connectivity index (χ2v) is 4.85. The van der Waals surface area contributed by atoms with Crippen LogP contribution in [0.15, 0.2) is 17.4 Å². The highest BCUT2D eigenvalue weighted by atomic mass is 35.5. The lowest BCUT2D eigenvalue weighted by Gasteiger charge is -2.28. The lowest BCUT2D eigenvalue weighted by Crippen LogP contribution is -2.37. The number of azide groups is 1. The summed E-state index contributed by atoms with van der Waals surface area (Å²) in [5, 5.41) is 3.69. The number of halogens is 1. The molecule has 2 aromatic heterocycles. The lowest BCUT2D eigenvalue weighted by molar-refractivity contribution is 0.122. The normalized spacial score (nSPS) is 15.0. The van der Waals surface area contributed by atoms with E-state index in [4.69, 9.17) is 21.9 Å². The zero-order valence-corrected chi connectivity index (χ0v) is 11.9. The summed E-state index contributed by atoms with van der Waals surface area (Å²) in [6.45, 7) is 3.01. The van der Waals surface area contributed by atoms with E-state index in [1.54, 1.807) is 6.20 Å². The van der Waals surface area contributed by atoms with Crippen LogP contribution in [0.2, 0.25) is 5.28 Å². The predicted molar refractivity (Wildman–Crippen MR) is 78.2 cm³/mol. The molecule has 0 N–H and O–H groups in total. The van der Waals surface area contributed by atoms with E-state index in [0.29, 0.717) is 30.1 Å². The van der Waals surface area contributed by atoms with Crippen molar-refractivity contribution in [1.82, 2.24) is 15.0 Å². The Morgan fingerprint density at radius 3 is 2.95 bits per heavy atom. The number of fused-ring (bicyclic) bond motifs is 1. The molecule has 1 saturated heterocycles. The molecule has 0 saturated carbocycles. The maximum Gasteiger partial charge on any atom is 0.225 e. The number of aromatic nitrogens is 3. The van der Waals surface area contributed by atoms with Crippen LogP contribution in [0, 0.1) is 0 Å². The van der Waals surface area contributed by atoms with Crippen LogP contribution in [0.5, 0.6) is 0 Å². The molecule has 1 aliphatic heterocycles. The van der Waals surface area contributed by atoms with Gasteiger partial charge in [0, 0.05) is 24.2 Å². The fourth-order valence-corrected chi connectivity index (χ4v) is 2.38. The maximum absolute atomic E-state index is 8.37. The molecule has 1 fully saturated rings. The highest BCUT2D eigenvalue weighted by Gasteiger charge is 2.18. The number of hydrogen-bond donors (Lipinski definition) is 0. The monoisotopic (exact) mass is 305 g/mol. The highest BCUT2D eigenvalue weighted by Crippen LogP contribution is 2.25. The molecular formula is C12H12ClN7O. The van der Waals surface area contributed by atoms with Crippen LogP contribution in [0.4, 0.5) is 5.82 Å². The van der Waals surface area contributed by atoms with Crippen molar-refractivity contribution in [3.05, 3.63) is 33.6 Å². The van der Waals surface area contributed by atoms with Gasteiger partial charge in [0.15, 0.2) is 5.82 Å². The van der Waals surface area contributed by atoms with Crippen LogP contribution in [-0.2, 0) is 11.3 Å². The minimum absolute atomic E-state index is 0.173. The number of anilines is 1. The zero-order valence-electron chi connectivity index (χ0n) is 11.1. The van der Waals surface area contributed by atoms with Crippen LogP contribution in [0.1, 0.15) is 5.56 Å². The Morgan fingerprint density at radius 2 is 2.19 bits per heavy atom. The van der Waals surface area contributed by atoms with Gasteiger partial charge in [-0.05, 0) is 28.8 Å². The molecule has 0 unspecified atom stereocenters. The smallest absolute Gasteiger partial charge is 0.225 e. The summed E-state index contributed by atoms with van der Waals surface area (Å²) in [6, 6.07) is 1.81. The first kappa shape index (κ1) is 13.8. The van der Waals surface area contributed by atoms with E-state index in [1.807, 2.05) is 6.07 Å². The van der Waals surface area contributed by atoms with Crippen molar-refractivity contribution in [2.24, 2.45) is 5.11 Å². The van der Waals surface area contributed by atoms with E-state index in [1.165, 1.54) is 0 Å². The fourth-order valence-electron chi connectivity index (χ4n) is 2.21. The van der Waals surface area contributed by atoms with Gasteiger partial charge in [-0.25, -0.2) is 4.98 Å². The summed E-state index contributed by atoms with van der Waals surface area (Å²) in [6.07, 6.45) is 1.66. The number of morpholine rings is 1. The summed E-state index contributed by atoms with van der Waals surface area (Å²) >= 11 is 6.01. The topological polar surface area (TPSA) is 99.9 Å². The second-order valence-electron chi connectivity index (χ2n) is 4.52. The van der Waals surface area contributed by atoms with Gasteiger partial charge in [0.2, 0.25) is 5.28 Å². The SMILES string of the molecule is [N-]=[N+]=NCc1cnc2c(N3CCOCC3)nc(Cl)nc2c1. The summed E-state index contributed by atoms with van der Waals surface area (Å²) in [5.41, 5.74) is 10.5. The lowest BCUT2D eigenvalue weighted by atomic mass is 10.2. The number of ether oxygens (including phenoxy) is 1. The number of nitrogens with zero attached hydrogens (tertiary/aromatic N) is 7. The summed E-state index contributed by atoms with van der Waals surface area (Å²) in [5.74, 6) is 0.712. The largest absolute Gasteiger partial charge is 0.378 e. The van der Waals surface area contributed by atoms with Crippen molar-refractivity contribution in [2.75, 3.05) is 31.2 Å². The van der Waals surface area contributed by atoms with Crippen LogP contribution in [0.25, 0.3) is 21.5 Å². The van der Waals surface area contributed by atoms with Crippen molar-refractivity contribution in [3.63, 3.8) is 0 Å². The van der Waals surface area contributed by atoms with E-state index in [0.717, 1.165) is 18.7 Å². The molecular weight excluding hydrogens is 294 g/mol. The first-order chi connectivity index (χ1) is 10.3. The van der Waals surface area contributed by atoms with Crippen molar-refractivity contribution < 1.29 is 4.74 Å². The van der Waals surface area contributed by atoms with Gasteiger partial charge in [0.25, 0.3) is 0 Å². The van der Waals surface area contributed by atoms with E-state index < -0.39 is 0 Å². The molecule has 0 bridgehead atoms. The molecule has 0 aliphatic carbocycles. The summed E-state index contributed by atoms with van der Waals surface area (Å²) in [7, 11) is 0. The van der Waals surface area contributed by atoms with Gasteiger partial charge in [-0.3, -0.25) is 4.98 Å². The van der Waals surface area contributed by atoms with Gasteiger partial charge < -0.3 is 9.64 Å². The van der Waals surface area contributed by atoms with Gasteiger partial charge in [0.05, 0.1) is 25.3 Å². The van der Waals surface area contributed by atoms with Crippen LogP contribution < -0.4 is 4.90 Å². The molecule has 0 radical (unpaired) electrons. The Balaban J connectivity index is 2.05. The molecule has 2 aromatic rings. The molecule has 3 rings (SSSR count). The van der Waals surface area contributed by atoms with E-state index in [2.05, 4.69) is 29.9 Å². The van der Waals surface area contributed by atoms with Crippen molar-refractivity contribution in [2.45, 2.75) is 6.54 Å². The number of pyridine rings is 1. The predicted octanol–water partition coefficient (Wildman–Crippen LogP) is 2.33. The van der Waals surface area contributed by atoms with Gasteiger partial charge in [-0.1, -0.05) is 5.11 Å². The van der Waals surface area contributed by atoms with Gasteiger partial charge in [0.1, 0.15) is 5.52 Å². The average molecular weight is 306 g/mol. The van der Waals surface area contributed by atoms with Crippen LogP contribution in [0.3, 0.4) is 0 Å². The standard InChI is InChI=1S/C12H12ClN7O/c13-12-17-9-5-8(7-16-19-14)6-15-10(9)11(18-12)20-1-3-21-4-2-20/h5-6H,1-4,7H2. The molecule has 0 aromatic carbocycles.